The number of nitrogens with zero attached hydrogens (tertiary/aromatic N) is 2. The van der Waals surface area contributed by atoms with E-state index >= 15 is 14.4 Å². The number of halogens is 6. The van der Waals surface area contributed by atoms with Crippen LogP contribution in [0.2, 0.25) is 0 Å². The average Bonchev–Trinajstić information content (AvgIpc) is 0.807. The molecule has 4 rings (SSSR count). The number of nitrogens with one attached hydrogen (secondary N) is 12. The van der Waals surface area contributed by atoms with Crippen LogP contribution in [0.4, 0.5) is 31.1 Å². The van der Waals surface area contributed by atoms with Crippen LogP contribution >= 0.6 is 0 Å². The summed E-state index contributed by atoms with van der Waals surface area (Å²) >= 11 is 0. The van der Waals surface area contributed by atoms with E-state index < -0.39 is 223 Å². The molecule has 0 aliphatic carbocycles. The van der Waals surface area contributed by atoms with Crippen molar-refractivity contribution >= 4 is 94.9 Å². The van der Waals surface area contributed by atoms with Crippen molar-refractivity contribution in [1.82, 2.24) is 68.7 Å². The summed E-state index contributed by atoms with van der Waals surface area (Å²) < 4.78 is 80.4. The van der Waals surface area contributed by atoms with E-state index in [9.17, 15) is 94.7 Å². The summed E-state index contributed by atoms with van der Waals surface area (Å²) in [7, 11) is 0. The maximum Gasteiger partial charge on any atom is 0.490 e. The first kappa shape index (κ1) is 108. The smallest absolute Gasteiger partial charge is 0.475 e. The van der Waals surface area contributed by atoms with Gasteiger partial charge in [-0.3, -0.25) is 62.6 Å². The van der Waals surface area contributed by atoms with E-state index in [1.165, 1.54) is 44.2 Å². The normalized spacial score (nSPS) is 22.0. The standard InChI is InChI=1S/C73H116N16O20.2C2HF3O2/c1-12-43(10)53-66(100)86-54(44(11)91)65(99)78-36-52(92)84-56(59(94)70(104)76-27-20-28-89-29-31-107-32-30-89)68(102)82-51(37-90)71(105)109-60(46-23-17-14-18-24-46)57(88-64(98)49(34-40(4)5)80-63(97)50(35-41(6)7)83-73(106)108-38-45-21-15-13-16-22-45)69(103)87-55(58(93)42(8)9)67(101)81-48(33-39(2)3)62(96)79-47(61(95)85-53)25-19-26-77-72(74)75;2*3-2(4,5)1(6)7/h13-18,21-24,39-44,47-51,53-60,90-91,93-94H,12,19-20,25-38H2,1-11H3,(H,76,104)(H,78,99)(H,79,96)(H,80,97)(H,81,101)(H,82,102)(H,83,106)(H,84,92)(H,85,95)(H,86,100)(H,87,103)(H,88,98)(H4,74,75,77);2*(H,6,7)/t43-,44-,47+,48-,49-,50+,51-,53-,54-,55-,56-,57-,58+,59-,60+;;/m0../s1. The molecule has 46 heteroatoms. The molecule has 0 unspecified atom stereocenters. The molecule has 123 heavy (non-hydrogen) atoms. The largest absolute Gasteiger partial charge is 0.490 e. The molecule has 2 aromatic carbocycles. The summed E-state index contributed by atoms with van der Waals surface area (Å²) in [6.07, 6.45) is -19.3. The lowest BCUT2D eigenvalue weighted by Crippen LogP contribution is -2.64. The number of aliphatic hydroxyl groups is 4. The molecule has 22 N–H and O–H groups in total. The number of carboxylic acid groups (broad SMARTS) is 2. The number of aliphatic carboxylic acids is 2. The summed E-state index contributed by atoms with van der Waals surface area (Å²) in [5, 5.41) is 89.6. The van der Waals surface area contributed by atoms with Gasteiger partial charge in [0.25, 0.3) is 5.91 Å². The van der Waals surface area contributed by atoms with E-state index in [1.807, 2.05) is 0 Å². The van der Waals surface area contributed by atoms with Crippen molar-refractivity contribution in [2.45, 2.75) is 225 Å². The maximum atomic E-state index is 15.8. The Morgan fingerprint density at radius 1 is 0.602 bits per heavy atom. The minimum Gasteiger partial charge on any atom is -0.475 e. The quantitative estimate of drug-likeness (QED) is 0.0134. The zero-order valence-electron chi connectivity index (χ0n) is 70.1. The molecule has 0 aromatic heterocycles. The third-order valence-corrected chi connectivity index (χ3v) is 18.4. The van der Waals surface area contributed by atoms with Crippen molar-refractivity contribution in [2.75, 3.05) is 59.1 Å². The number of hydrogen-bond donors (Lipinski definition) is 20. The molecule has 692 valence electrons. The molecule has 2 aromatic rings. The molecule has 0 radical (unpaired) electrons. The van der Waals surface area contributed by atoms with E-state index in [2.05, 4.69) is 73.7 Å². The van der Waals surface area contributed by atoms with Gasteiger partial charge in [-0.2, -0.15) is 26.3 Å². The summed E-state index contributed by atoms with van der Waals surface area (Å²) in [4.78, 5) is 213. The molecular formula is C77H118F6N16O24. The number of benzene rings is 2. The third kappa shape index (κ3) is 40.2. The number of carbonyl (C=O) groups is 15. The van der Waals surface area contributed by atoms with Crippen LogP contribution in [0.5, 0.6) is 0 Å². The second-order valence-electron chi connectivity index (χ2n) is 30.5. The van der Waals surface area contributed by atoms with Crippen LogP contribution in [-0.2, 0) is 87.9 Å². The van der Waals surface area contributed by atoms with E-state index in [1.54, 1.807) is 85.7 Å². The van der Waals surface area contributed by atoms with Gasteiger partial charge in [0.15, 0.2) is 24.2 Å². The second-order valence-corrected chi connectivity index (χ2v) is 30.5. The summed E-state index contributed by atoms with van der Waals surface area (Å²) in [5.74, 6) is -23.0. The molecule has 2 saturated heterocycles. The highest BCUT2D eigenvalue weighted by Crippen LogP contribution is 2.26. The Morgan fingerprint density at radius 3 is 1.62 bits per heavy atom. The first-order chi connectivity index (χ1) is 57.4. The SMILES string of the molecule is CC[C@H](C)[C@@H]1NC(=O)[C@@H](CCCN=C(N)N)NC(=O)[C@H](CC(C)C)NC(=O)[C@H]([C@H](O)C(C)C)NC(=O)[C@@H](NC(=O)[C@H](CC(C)C)NC(=O)[C@@H](CC(C)C)NC(=O)OCc2ccccc2)[C@@H](c2ccccc2)OC(=O)[C@H](CO)NC(=O)[C@H]([C@H](O)C(=O)NCCCN2CCOCC2)NC(=O)CNC(=O)[C@H]([C@H](C)O)NC1=O.O=C(O)C(F)(F)F.O=C(O)C(F)(F)F. The minimum absolute atomic E-state index is 0.0250. The van der Waals surface area contributed by atoms with Gasteiger partial charge in [0.2, 0.25) is 59.1 Å². The lowest BCUT2D eigenvalue weighted by molar-refractivity contribution is -0.193. The second kappa shape index (κ2) is 53.7. The Bertz CT molecular complexity index is 3780. The molecule has 15 atom stereocenters. The number of morpholine rings is 1. The Balaban J connectivity index is 0.00000335. The lowest BCUT2D eigenvalue weighted by atomic mass is 9.95. The van der Waals surface area contributed by atoms with Gasteiger partial charge in [-0.05, 0) is 92.7 Å². The fourth-order valence-electron chi connectivity index (χ4n) is 11.7. The van der Waals surface area contributed by atoms with Crippen molar-refractivity contribution in [3.63, 3.8) is 0 Å². The Labute approximate surface area is 706 Å². The molecule has 2 aliphatic rings. The van der Waals surface area contributed by atoms with Gasteiger partial charge in [0.1, 0.15) is 61.0 Å². The highest BCUT2D eigenvalue weighted by atomic mass is 19.4. The Morgan fingerprint density at radius 2 is 1.11 bits per heavy atom. The number of ether oxygens (including phenoxy) is 3. The Kier molecular flexibility index (Phi) is 47.2. The van der Waals surface area contributed by atoms with Crippen LogP contribution in [0.25, 0.3) is 0 Å². The molecule has 0 saturated carbocycles. The number of alkyl carbamates (subject to hydrolysis) is 1. The topological polar surface area (TPSA) is 617 Å². The van der Waals surface area contributed by atoms with Crippen molar-refractivity contribution in [1.29, 1.82) is 0 Å². The number of rotatable bonds is 30. The zero-order valence-corrected chi connectivity index (χ0v) is 70.1. The third-order valence-electron chi connectivity index (χ3n) is 18.4. The fourth-order valence-corrected chi connectivity index (χ4v) is 11.7. The number of guanidine groups is 1. The molecule has 2 fully saturated rings. The number of esters is 1. The lowest BCUT2D eigenvalue weighted by Gasteiger charge is -2.34. The molecular weight excluding hydrogens is 1650 g/mol. The van der Waals surface area contributed by atoms with Crippen molar-refractivity contribution in [3.8, 4) is 0 Å². The molecule has 2 aliphatic heterocycles. The van der Waals surface area contributed by atoms with Gasteiger partial charge in [0.05, 0.1) is 38.6 Å². The zero-order chi connectivity index (χ0) is 93.3. The molecule has 12 amide bonds. The van der Waals surface area contributed by atoms with Crippen LogP contribution in [0, 0.1) is 29.6 Å². The van der Waals surface area contributed by atoms with Gasteiger partial charge < -0.3 is 120 Å². The number of carboxylic acids is 2. The van der Waals surface area contributed by atoms with E-state index in [-0.39, 0.29) is 75.7 Å². The van der Waals surface area contributed by atoms with Crippen molar-refractivity contribution < 1.29 is 143 Å². The number of alkyl halides is 6. The minimum atomic E-state index is -5.08. The van der Waals surface area contributed by atoms with Gasteiger partial charge in [0, 0.05) is 26.2 Å². The van der Waals surface area contributed by atoms with Crippen LogP contribution in [0.15, 0.2) is 65.7 Å². The van der Waals surface area contributed by atoms with E-state index in [0.29, 0.717) is 44.8 Å². The number of hydrogen-bond acceptors (Lipinski definition) is 24. The Hall–Kier alpha value is -11.1. The summed E-state index contributed by atoms with van der Waals surface area (Å²) in [5.41, 5.74) is 11.7. The highest BCUT2D eigenvalue weighted by Gasteiger charge is 2.45. The van der Waals surface area contributed by atoms with E-state index in [0.717, 1.165) is 6.92 Å². The van der Waals surface area contributed by atoms with Crippen LogP contribution < -0.4 is 75.3 Å². The first-order valence-electron chi connectivity index (χ1n) is 39.6. The molecule has 0 spiro atoms. The van der Waals surface area contributed by atoms with Crippen LogP contribution in [-0.4, -0.2) is 281 Å². The number of amides is 12. The molecule has 40 nitrogen and oxygen atoms in total. The van der Waals surface area contributed by atoms with Gasteiger partial charge in [-0.15, -0.1) is 0 Å². The molecule has 2 heterocycles. The molecule has 0 bridgehead atoms. The van der Waals surface area contributed by atoms with Crippen LogP contribution in [0.3, 0.4) is 0 Å². The first-order valence-corrected chi connectivity index (χ1v) is 39.6. The van der Waals surface area contributed by atoms with Gasteiger partial charge >= 0.3 is 36.4 Å². The van der Waals surface area contributed by atoms with Crippen LogP contribution in [0.1, 0.15) is 138 Å². The predicted molar refractivity (Wildman–Crippen MR) is 425 cm³/mol. The number of nitrogens with two attached hydrogens (primary N) is 2. The fraction of sp³-hybridized carbons (Fsp3) is 0.636. The summed E-state index contributed by atoms with van der Waals surface area (Å²) in [6, 6.07) is -2.68. The van der Waals surface area contributed by atoms with Crippen molar-refractivity contribution in [2.24, 2.45) is 46.0 Å². The number of carbonyl (C=O) groups excluding carboxylic acids is 13. The van der Waals surface area contributed by atoms with E-state index in [4.69, 9.17) is 45.5 Å². The van der Waals surface area contributed by atoms with Gasteiger partial charge in [-0.1, -0.05) is 136 Å². The maximum absolute atomic E-state index is 15.8. The number of cyclic esters (lactones) is 1. The van der Waals surface area contributed by atoms with Crippen molar-refractivity contribution in [3.05, 3.63) is 71.8 Å². The predicted octanol–water partition coefficient (Wildman–Crippen LogP) is -1.85. The summed E-state index contributed by atoms with van der Waals surface area (Å²) in [6.45, 7) is 17.6. The average molecular weight is 1770 g/mol. The monoisotopic (exact) mass is 1760 g/mol. The van der Waals surface area contributed by atoms with Gasteiger partial charge in [-0.25, -0.2) is 19.2 Å². The number of aliphatic imine (C=N–C) groups is 1. The highest BCUT2D eigenvalue weighted by molar-refractivity contribution is 6.00. The number of aliphatic hydroxyl groups excluding tert-OH is 4.